The number of hydrogen-bond donors (Lipinski definition) is 0. The molecule has 0 amide bonds. The molecule has 1 aromatic rings. The quantitative estimate of drug-likeness (QED) is 0.791. The minimum Gasteiger partial charge on any atom is -0.293 e. The topological polar surface area (TPSA) is 40.9 Å². The highest BCUT2D eigenvalue weighted by Crippen LogP contribution is 2.24. The lowest BCUT2D eigenvalue weighted by molar-refractivity contribution is 0.0942. The Bertz CT molecular complexity index is 439. The number of carbonyl (C=O) groups excluding carboxylic acids is 1. The van der Waals surface area contributed by atoms with Crippen LogP contribution in [0.2, 0.25) is 0 Å². The number of halogens is 2. The maximum Gasteiger partial charge on any atom is 0.181 e. The van der Waals surface area contributed by atoms with Gasteiger partial charge in [-0.2, -0.15) is 5.26 Å². The van der Waals surface area contributed by atoms with Crippen LogP contribution in [0.15, 0.2) is 22.7 Å². The van der Waals surface area contributed by atoms with Crippen molar-refractivity contribution < 1.29 is 9.18 Å². The number of carbonyl (C=O) groups is 1. The monoisotopic (exact) mass is 283 g/mol. The Morgan fingerprint density at radius 1 is 1.62 bits per heavy atom. The molecule has 0 saturated carbocycles. The summed E-state index contributed by atoms with van der Waals surface area (Å²) in [7, 11) is 0. The van der Waals surface area contributed by atoms with Gasteiger partial charge in [0.15, 0.2) is 5.78 Å². The molecule has 0 bridgehead atoms. The molecule has 0 aliphatic rings. The van der Waals surface area contributed by atoms with Crippen molar-refractivity contribution in [2.45, 2.75) is 19.8 Å². The zero-order chi connectivity index (χ0) is 12.1. The molecule has 0 saturated heterocycles. The summed E-state index contributed by atoms with van der Waals surface area (Å²) in [6.45, 7) is 1.90. The Kier molecular flexibility index (Phi) is 4.63. The molecule has 1 atom stereocenters. The van der Waals surface area contributed by atoms with E-state index < -0.39 is 11.7 Å². The highest BCUT2D eigenvalue weighted by atomic mass is 79.9. The number of rotatable bonds is 4. The smallest absolute Gasteiger partial charge is 0.181 e. The average Bonchev–Trinajstić information content (AvgIpc) is 2.29. The summed E-state index contributed by atoms with van der Waals surface area (Å²) >= 11 is 3.02. The highest BCUT2D eigenvalue weighted by molar-refractivity contribution is 9.10. The van der Waals surface area contributed by atoms with Crippen LogP contribution in [0.25, 0.3) is 0 Å². The predicted molar refractivity (Wildman–Crippen MR) is 62.4 cm³/mol. The van der Waals surface area contributed by atoms with E-state index >= 15 is 0 Å². The zero-order valence-electron chi connectivity index (χ0n) is 8.84. The van der Waals surface area contributed by atoms with Gasteiger partial charge in [-0.05, 0) is 28.4 Å². The lowest BCUT2D eigenvalue weighted by atomic mass is 9.95. The molecule has 0 N–H and O–H groups in total. The second-order valence-electron chi connectivity index (χ2n) is 3.44. The molecule has 84 valence electrons. The van der Waals surface area contributed by atoms with E-state index in [2.05, 4.69) is 15.9 Å². The number of nitriles is 1. The normalized spacial score (nSPS) is 11.9. The first-order chi connectivity index (χ1) is 7.61. The van der Waals surface area contributed by atoms with E-state index in [0.29, 0.717) is 6.42 Å². The molecular formula is C12H11BrFNO. The van der Waals surface area contributed by atoms with Gasteiger partial charge in [0.2, 0.25) is 0 Å². The molecule has 4 heteroatoms. The van der Waals surface area contributed by atoms with Crippen molar-refractivity contribution in [1.29, 1.82) is 5.26 Å². The third kappa shape index (κ3) is 2.67. The van der Waals surface area contributed by atoms with Crippen LogP contribution in [0.4, 0.5) is 4.39 Å². The Balaban J connectivity index is 3.05. The Labute approximate surface area is 102 Å². The predicted octanol–water partition coefficient (Wildman–Crippen LogP) is 3.71. The fraction of sp³-hybridized carbons (Fsp3) is 0.333. The summed E-state index contributed by atoms with van der Waals surface area (Å²) < 4.78 is 13.3. The van der Waals surface area contributed by atoms with Crippen LogP contribution in [0.1, 0.15) is 30.1 Å². The third-order valence-electron chi connectivity index (χ3n) is 2.27. The number of benzene rings is 1. The van der Waals surface area contributed by atoms with E-state index in [-0.39, 0.29) is 15.8 Å². The number of Topliss-reactive ketones (excluding diaryl/α,β-unsaturated/α-hetero) is 1. The lowest BCUT2D eigenvalue weighted by Crippen LogP contribution is -2.13. The molecule has 0 fully saturated rings. The van der Waals surface area contributed by atoms with Crippen molar-refractivity contribution in [2.75, 3.05) is 0 Å². The van der Waals surface area contributed by atoms with Gasteiger partial charge in [0.05, 0.1) is 10.5 Å². The van der Waals surface area contributed by atoms with Crippen LogP contribution >= 0.6 is 15.9 Å². The van der Waals surface area contributed by atoms with Crippen molar-refractivity contribution in [2.24, 2.45) is 5.92 Å². The minimum atomic E-state index is -0.692. The second kappa shape index (κ2) is 5.76. The molecule has 1 aromatic carbocycles. The maximum absolute atomic E-state index is 13.2. The lowest BCUT2D eigenvalue weighted by Gasteiger charge is -2.08. The molecule has 0 aliphatic carbocycles. The molecular weight excluding hydrogens is 273 g/mol. The molecule has 0 heterocycles. The average molecular weight is 284 g/mol. The Morgan fingerprint density at radius 3 is 2.88 bits per heavy atom. The fourth-order valence-corrected chi connectivity index (χ4v) is 1.88. The van der Waals surface area contributed by atoms with E-state index in [4.69, 9.17) is 5.26 Å². The highest BCUT2D eigenvalue weighted by Gasteiger charge is 2.21. The summed E-state index contributed by atoms with van der Waals surface area (Å²) in [6, 6.07) is 6.21. The molecule has 16 heavy (non-hydrogen) atoms. The summed E-state index contributed by atoms with van der Waals surface area (Å²) in [4.78, 5) is 11.9. The van der Waals surface area contributed by atoms with Gasteiger partial charge in [-0.25, -0.2) is 4.39 Å². The third-order valence-corrected chi connectivity index (χ3v) is 3.07. The standard InChI is InChI=1S/C12H11BrFNO/c1-2-4-8(7-15)12(16)9-5-3-6-10(14)11(9)13/h3,5-6,8H,2,4H2,1H3. The van der Waals surface area contributed by atoms with Crippen LogP contribution < -0.4 is 0 Å². The minimum absolute atomic E-state index is 0.136. The summed E-state index contributed by atoms with van der Waals surface area (Å²) in [6.07, 6.45) is 1.25. The van der Waals surface area contributed by atoms with Gasteiger partial charge in [-0.3, -0.25) is 4.79 Å². The van der Waals surface area contributed by atoms with Gasteiger partial charge in [0, 0.05) is 5.56 Å². The van der Waals surface area contributed by atoms with Crippen LogP contribution in [0.3, 0.4) is 0 Å². The van der Waals surface area contributed by atoms with Crippen molar-refractivity contribution in [3.8, 4) is 6.07 Å². The SMILES string of the molecule is CCCC(C#N)C(=O)c1cccc(F)c1Br. The molecule has 1 unspecified atom stereocenters. The van der Waals surface area contributed by atoms with Gasteiger partial charge >= 0.3 is 0 Å². The molecule has 0 radical (unpaired) electrons. The van der Waals surface area contributed by atoms with E-state index in [1.54, 1.807) is 0 Å². The Morgan fingerprint density at radius 2 is 2.31 bits per heavy atom. The number of ketones is 1. The zero-order valence-corrected chi connectivity index (χ0v) is 10.4. The van der Waals surface area contributed by atoms with E-state index in [1.165, 1.54) is 18.2 Å². The van der Waals surface area contributed by atoms with Crippen LogP contribution in [0.5, 0.6) is 0 Å². The number of hydrogen-bond acceptors (Lipinski definition) is 2. The van der Waals surface area contributed by atoms with E-state index in [1.807, 2.05) is 13.0 Å². The first kappa shape index (κ1) is 12.9. The first-order valence-electron chi connectivity index (χ1n) is 4.99. The molecule has 1 rings (SSSR count). The maximum atomic E-state index is 13.2. The molecule has 0 spiro atoms. The summed E-state index contributed by atoms with van der Waals surface area (Å²) in [5.41, 5.74) is 0.236. The van der Waals surface area contributed by atoms with Crippen molar-refractivity contribution in [3.63, 3.8) is 0 Å². The van der Waals surface area contributed by atoms with Gasteiger partial charge < -0.3 is 0 Å². The van der Waals surface area contributed by atoms with Crippen LogP contribution in [-0.4, -0.2) is 5.78 Å². The molecule has 0 aromatic heterocycles. The van der Waals surface area contributed by atoms with Gasteiger partial charge in [-0.15, -0.1) is 0 Å². The van der Waals surface area contributed by atoms with Gasteiger partial charge in [0.25, 0.3) is 0 Å². The largest absolute Gasteiger partial charge is 0.293 e. The van der Waals surface area contributed by atoms with Crippen molar-refractivity contribution in [3.05, 3.63) is 34.1 Å². The molecule has 0 aliphatic heterocycles. The first-order valence-corrected chi connectivity index (χ1v) is 5.79. The summed E-state index contributed by atoms with van der Waals surface area (Å²) in [5, 5.41) is 8.87. The fourth-order valence-electron chi connectivity index (χ4n) is 1.42. The van der Waals surface area contributed by atoms with Crippen LogP contribution in [0, 0.1) is 23.1 Å². The van der Waals surface area contributed by atoms with Crippen LogP contribution in [-0.2, 0) is 0 Å². The Hall–Kier alpha value is -1.21. The van der Waals surface area contributed by atoms with Crippen molar-refractivity contribution >= 4 is 21.7 Å². The van der Waals surface area contributed by atoms with Gasteiger partial charge in [-0.1, -0.05) is 25.5 Å². The van der Waals surface area contributed by atoms with E-state index in [9.17, 15) is 9.18 Å². The van der Waals surface area contributed by atoms with Crippen molar-refractivity contribution in [1.82, 2.24) is 0 Å². The number of nitrogens with zero attached hydrogens (tertiary/aromatic N) is 1. The van der Waals surface area contributed by atoms with Gasteiger partial charge in [0.1, 0.15) is 11.7 Å². The van der Waals surface area contributed by atoms with E-state index in [0.717, 1.165) is 6.42 Å². The molecule has 2 nitrogen and oxygen atoms in total. The second-order valence-corrected chi connectivity index (χ2v) is 4.23. The summed E-state index contributed by atoms with van der Waals surface area (Å²) in [5.74, 6) is -1.50.